The minimum Gasteiger partial charge on any atom is -0.338 e. The molecule has 0 saturated carbocycles. The molecule has 2 rings (SSSR count). The molecular weight excluding hydrogens is 447 g/mol. The lowest BCUT2D eigenvalue weighted by Crippen LogP contribution is -2.19. The molecule has 0 fully saturated rings. The molecule has 0 heterocycles. The van der Waals surface area contributed by atoms with E-state index in [1.165, 1.54) is 25.2 Å². The van der Waals surface area contributed by atoms with Gasteiger partial charge in [-0.2, -0.15) is 13.2 Å². The molecule has 0 unspecified atom stereocenters. The Labute approximate surface area is 157 Å². The van der Waals surface area contributed by atoms with Gasteiger partial charge in [-0.05, 0) is 34.1 Å². The average molecular weight is 455 g/mol. The average Bonchev–Trinajstić information content (AvgIpc) is 2.52. The molecule has 0 atom stereocenters. The standard InChI is InChI=1S/C14H8BrClF3N3O4/c1-20(11-3-2-7(16)4-10(11)15)13-9(14(17,18)19)5-8(21(23)24)6-12(13)22(25)26/h2-6H,1H3. The Bertz CT molecular complexity index is 908. The highest BCUT2D eigenvalue weighted by molar-refractivity contribution is 9.10. The number of halogens is 5. The molecule has 0 aliphatic heterocycles. The van der Waals surface area contributed by atoms with Crippen LogP contribution in [0.5, 0.6) is 0 Å². The summed E-state index contributed by atoms with van der Waals surface area (Å²) in [6.45, 7) is 0. The van der Waals surface area contributed by atoms with Crippen LogP contribution in [0.1, 0.15) is 5.56 Å². The third-order valence-corrected chi connectivity index (χ3v) is 4.26. The summed E-state index contributed by atoms with van der Waals surface area (Å²) in [4.78, 5) is 20.9. The van der Waals surface area contributed by atoms with Crippen molar-refractivity contribution in [1.29, 1.82) is 0 Å². The number of alkyl halides is 3. The van der Waals surface area contributed by atoms with Gasteiger partial charge in [0.05, 0.1) is 27.2 Å². The Kier molecular flexibility index (Phi) is 5.42. The van der Waals surface area contributed by atoms with E-state index in [1.807, 2.05) is 0 Å². The van der Waals surface area contributed by atoms with Crippen LogP contribution < -0.4 is 4.90 Å². The second-order valence-corrected chi connectivity index (χ2v) is 6.32. The lowest BCUT2D eigenvalue weighted by atomic mass is 10.1. The van der Waals surface area contributed by atoms with Crippen molar-refractivity contribution in [2.45, 2.75) is 6.18 Å². The third-order valence-electron chi connectivity index (χ3n) is 3.39. The molecule has 2 aromatic carbocycles. The first-order valence-corrected chi connectivity index (χ1v) is 7.83. The Morgan fingerprint density at radius 3 is 2.19 bits per heavy atom. The van der Waals surface area contributed by atoms with Gasteiger partial charge in [-0.3, -0.25) is 20.2 Å². The molecule has 0 aromatic heterocycles. The van der Waals surface area contributed by atoms with E-state index in [0.717, 1.165) is 4.90 Å². The van der Waals surface area contributed by atoms with E-state index in [1.54, 1.807) is 0 Å². The van der Waals surface area contributed by atoms with Gasteiger partial charge in [0.15, 0.2) is 0 Å². The summed E-state index contributed by atoms with van der Waals surface area (Å²) < 4.78 is 40.7. The van der Waals surface area contributed by atoms with Crippen molar-refractivity contribution in [2.24, 2.45) is 0 Å². The molecule has 0 aliphatic rings. The Hall–Kier alpha value is -2.40. The van der Waals surface area contributed by atoms with E-state index in [0.29, 0.717) is 11.1 Å². The van der Waals surface area contributed by atoms with Gasteiger partial charge in [0.2, 0.25) is 0 Å². The molecule has 0 aliphatic carbocycles. The first-order chi connectivity index (χ1) is 11.9. The van der Waals surface area contributed by atoms with E-state index < -0.39 is 38.6 Å². The maximum Gasteiger partial charge on any atom is 0.418 e. The number of non-ortho nitro benzene ring substituents is 1. The van der Waals surface area contributed by atoms with Crippen LogP contribution in [0.15, 0.2) is 34.8 Å². The van der Waals surface area contributed by atoms with Crippen LogP contribution in [0.2, 0.25) is 5.02 Å². The topological polar surface area (TPSA) is 89.5 Å². The minimum atomic E-state index is -5.06. The van der Waals surface area contributed by atoms with Gasteiger partial charge in [0.1, 0.15) is 5.69 Å². The van der Waals surface area contributed by atoms with Crippen molar-refractivity contribution >= 4 is 50.3 Å². The number of benzene rings is 2. The molecule has 0 radical (unpaired) electrons. The van der Waals surface area contributed by atoms with Crippen molar-refractivity contribution < 1.29 is 23.0 Å². The van der Waals surface area contributed by atoms with Crippen LogP contribution in [-0.2, 0) is 6.18 Å². The van der Waals surface area contributed by atoms with E-state index >= 15 is 0 Å². The molecular formula is C14H8BrClF3N3O4. The molecule has 0 N–H and O–H groups in total. The highest BCUT2D eigenvalue weighted by atomic mass is 79.9. The lowest BCUT2D eigenvalue weighted by Gasteiger charge is -2.24. The van der Waals surface area contributed by atoms with Crippen LogP contribution in [0.3, 0.4) is 0 Å². The molecule has 0 saturated heterocycles. The molecule has 138 valence electrons. The van der Waals surface area contributed by atoms with Crippen molar-refractivity contribution in [3.8, 4) is 0 Å². The summed E-state index contributed by atoms with van der Waals surface area (Å²) in [6, 6.07) is 4.91. The summed E-state index contributed by atoms with van der Waals surface area (Å²) in [5.74, 6) is 0. The minimum absolute atomic E-state index is 0.150. The molecule has 0 bridgehead atoms. The van der Waals surface area contributed by atoms with Crippen LogP contribution in [0, 0.1) is 20.2 Å². The van der Waals surface area contributed by atoms with E-state index in [-0.39, 0.29) is 16.2 Å². The van der Waals surface area contributed by atoms with E-state index in [4.69, 9.17) is 11.6 Å². The Morgan fingerprint density at radius 2 is 1.73 bits per heavy atom. The van der Waals surface area contributed by atoms with Crippen LogP contribution in [0.25, 0.3) is 0 Å². The van der Waals surface area contributed by atoms with Crippen LogP contribution >= 0.6 is 27.5 Å². The van der Waals surface area contributed by atoms with Crippen molar-refractivity contribution in [3.63, 3.8) is 0 Å². The fraction of sp³-hybridized carbons (Fsp3) is 0.143. The summed E-state index contributed by atoms with van der Waals surface area (Å²) in [7, 11) is 1.18. The SMILES string of the molecule is CN(c1ccc(Cl)cc1Br)c1c([N+](=O)[O-])cc([N+](=O)[O-])cc1C(F)(F)F. The van der Waals surface area contributed by atoms with Gasteiger partial charge in [-0.15, -0.1) is 0 Å². The zero-order valence-electron chi connectivity index (χ0n) is 12.8. The quantitative estimate of drug-likeness (QED) is 0.436. The molecule has 12 heteroatoms. The molecule has 0 spiro atoms. The zero-order chi connectivity index (χ0) is 19.8. The molecule has 2 aromatic rings. The van der Waals surface area contributed by atoms with Crippen LogP contribution in [-0.4, -0.2) is 16.9 Å². The highest BCUT2D eigenvalue weighted by Gasteiger charge is 2.41. The number of nitro benzene ring substituents is 2. The normalized spacial score (nSPS) is 11.3. The van der Waals surface area contributed by atoms with Gasteiger partial charge in [-0.1, -0.05) is 11.6 Å². The van der Waals surface area contributed by atoms with Gasteiger partial charge in [-0.25, -0.2) is 0 Å². The zero-order valence-corrected chi connectivity index (χ0v) is 15.1. The van der Waals surface area contributed by atoms with Gasteiger partial charge in [0.25, 0.3) is 11.4 Å². The van der Waals surface area contributed by atoms with E-state index in [2.05, 4.69) is 15.9 Å². The first-order valence-electron chi connectivity index (χ1n) is 6.66. The molecule has 7 nitrogen and oxygen atoms in total. The summed E-state index contributed by atoms with van der Waals surface area (Å²) in [5.41, 5.74) is -4.25. The first kappa shape index (κ1) is 19.9. The van der Waals surface area contributed by atoms with Gasteiger partial charge in [0, 0.05) is 22.6 Å². The smallest absolute Gasteiger partial charge is 0.338 e. The third kappa shape index (κ3) is 3.88. The number of nitrogens with zero attached hydrogens (tertiary/aromatic N) is 3. The van der Waals surface area contributed by atoms with Crippen molar-refractivity contribution in [1.82, 2.24) is 0 Å². The van der Waals surface area contributed by atoms with Crippen LogP contribution in [0.4, 0.5) is 35.9 Å². The summed E-state index contributed by atoms with van der Waals surface area (Å²) in [6.07, 6.45) is -5.06. The number of anilines is 2. The molecule has 0 amide bonds. The second-order valence-electron chi connectivity index (χ2n) is 5.03. The van der Waals surface area contributed by atoms with Gasteiger partial charge >= 0.3 is 6.18 Å². The summed E-state index contributed by atoms with van der Waals surface area (Å²) >= 11 is 8.93. The fourth-order valence-corrected chi connectivity index (χ4v) is 3.24. The monoisotopic (exact) mass is 453 g/mol. The van der Waals surface area contributed by atoms with Crippen molar-refractivity contribution in [3.05, 3.63) is 65.6 Å². The van der Waals surface area contributed by atoms with Gasteiger partial charge < -0.3 is 4.90 Å². The highest BCUT2D eigenvalue weighted by Crippen LogP contribution is 2.47. The lowest BCUT2D eigenvalue weighted by molar-refractivity contribution is -0.394. The maximum absolute atomic E-state index is 13.5. The summed E-state index contributed by atoms with van der Waals surface area (Å²) in [5, 5.41) is 22.5. The number of rotatable bonds is 4. The Balaban J connectivity index is 2.84. The fourth-order valence-electron chi connectivity index (χ4n) is 2.29. The number of nitro groups is 2. The number of hydrogen-bond acceptors (Lipinski definition) is 5. The predicted molar refractivity (Wildman–Crippen MR) is 92.0 cm³/mol. The van der Waals surface area contributed by atoms with Crippen molar-refractivity contribution in [2.75, 3.05) is 11.9 Å². The largest absolute Gasteiger partial charge is 0.418 e. The predicted octanol–water partition coefficient (Wildman–Crippen LogP) is 5.71. The maximum atomic E-state index is 13.5. The Morgan fingerprint density at radius 1 is 1.12 bits per heavy atom. The molecule has 26 heavy (non-hydrogen) atoms. The second kappa shape index (κ2) is 7.08. The van der Waals surface area contributed by atoms with E-state index in [9.17, 15) is 33.4 Å². The number of hydrogen-bond donors (Lipinski definition) is 0.